The Kier molecular flexibility index (Phi) is 3.35. The van der Waals surface area contributed by atoms with Crippen LogP contribution in [-0.4, -0.2) is 23.1 Å². The van der Waals surface area contributed by atoms with E-state index in [9.17, 15) is 9.90 Å². The number of benzene rings is 1. The quantitative estimate of drug-likeness (QED) is 0.887. The predicted molar refractivity (Wildman–Crippen MR) is 79.2 cm³/mol. The molecule has 2 heterocycles. The topological polar surface area (TPSA) is 71.5 Å². The van der Waals surface area contributed by atoms with Crippen LogP contribution < -0.4 is 10.1 Å². The monoisotopic (exact) mass is 284 g/mol. The van der Waals surface area contributed by atoms with Crippen molar-refractivity contribution < 1.29 is 14.6 Å². The van der Waals surface area contributed by atoms with Crippen LogP contribution in [0.2, 0.25) is 0 Å². The number of anilines is 1. The number of carbonyl (C=O) groups is 1. The van der Waals surface area contributed by atoms with Gasteiger partial charge in [-0.15, -0.1) is 0 Å². The zero-order valence-electron chi connectivity index (χ0n) is 11.9. The third-order valence-electron chi connectivity index (χ3n) is 3.76. The van der Waals surface area contributed by atoms with Crippen molar-refractivity contribution in [2.75, 3.05) is 12.4 Å². The molecule has 1 amide bonds. The van der Waals surface area contributed by atoms with Crippen molar-refractivity contribution in [1.82, 2.24) is 4.98 Å². The highest BCUT2D eigenvalue weighted by molar-refractivity contribution is 6.02. The maximum Gasteiger partial charge on any atom is 0.231 e. The van der Waals surface area contributed by atoms with Crippen molar-refractivity contribution in [2.45, 2.75) is 19.4 Å². The number of carbonyl (C=O) groups excluding carboxylic acids is 1. The molecule has 0 spiro atoms. The smallest absolute Gasteiger partial charge is 0.231 e. The fraction of sp³-hybridized carbons (Fsp3) is 0.250. The minimum atomic E-state index is -0.265. The number of ether oxygens (including phenoxy) is 1. The first-order chi connectivity index (χ1) is 10.2. The highest BCUT2D eigenvalue weighted by atomic mass is 16.5. The summed E-state index contributed by atoms with van der Waals surface area (Å²) in [6, 6.07) is 9.42. The van der Waals surface area contributed by atoms with Crippen molar-refractivity contribution in [3.63, 3.8) is 0 Å². The van der Waals surface area contributed by atoms with E-state index < -0.39 is 0 Å². The van der Waals surface area contributed by atoms with E-state index in [1.165, 1.54) is 7.11 Å². The fourth-order valence-electron chi connectivity index (χ4n) is 2.60. The molecule has 0 saturated carbocycles. The third kappa shape index (κ3) is 2.15. The molecule has 1 unspecified atom stereocenters. The molecular formula is C16H16N2O3. The van der Waals surface area contributed by atoms with E-state index in [0.29, 0.717) is 22.8 Å². The lowest BCUT2D eigenvalue weighted by Gasteiger charge is -2.12. The first-order valence-electron chi connectivity index (χ1n) is 6.74. The van der Waals surface area contributed by atoms with Crippen LogP contribution in [0.1, 0.15) is 24.0 Å². The molecule has 0 radical (unpaired) electrons. The Morgan fingerprint density at radius 1 is 1.38 bits per heavy atom. The van der Waals surface area contributed by atoms with Gasteiger partial charge < -0.3 is 15.2 Å². The van der Waals surface area contributed by atoms with E-state index in [4.69, 9.17) is 4.74 Å². The van der Waals surface area contributed by atoms with Gasteiger partial charge in [-0.3, -0.25) is 4.79 Å². The molecule has 1 aromatic carbocycles. The van der Waals surface area contributed by atoms with Gasteiger partial charge in [-0.05, 0) is 18.6 Å². The molecule has 108 valence electrons. The van der Waals surface area contributed by atoms with E-state index in [2.05, 4.69) is 10.3 Å². The van der Waals surface area contributed by atoms with Crippen molar-refractivity contribution in [2.24, 2.45) is 0 Å². The molecule has 1 atom stereocenters. The largest absolute Gasteiger partial charge is 0.481 e. The van der Waals surface area contributed by atoms with E-state index in [1.54, 1.807) is 6.07 Å². The lowest BCUT2D eigenvalue weighted by Crippen LogP contribution is -2.17. The Bertz CT molecular complexity index is 713. The zero-order valence-corrected chi connectivity index (χ0v) is 11.9. The maximum atomic E-state index is 12.3. The Morgan fingerprint density at radius 3 is 2.86 bits per heavy atom. The van der Waals surface area contributed by atoms with E-state index in [-0.39, 0.29) is 18.4 Å². The molecular weight excluding hydrogens is 268 g/mol. The summed E-state index contributed by atoms with van der Waals surface area (Å²) >= 11 is 0. The number of methoxy groups -OCH3 is 1. The molecule has 0 fully saturated rings. The fourth-order valence-corrected chi connectivity index (χ4v) is 2.60. The summed E-state index contributed by atoms with van der Waals surface area (Å²) in [6.07, 6.45) is 0. The minimum absolute atomic E-state index is 0.0861. The van der Waals surface area contributed by atoms with Crippen molar-refractivity contribution >= 4 is 11.6 Å². The number of hydrogen-bond acceptors (Lipinski definition) is 4. The van der Waals surface area contributed by atoms with E-state index >= 15 is 0 Å². The number of pyridine rings is 1. The van der Waals surface area contributed by atoms with Gasteiger partial charge in [0, 0.05) is 11.1 Å². The number of rotatable bonds is 2. The van der Waals surface area contributed by atoms with Gasteiger partial charge in [0.05, 0.1) is 31.0 Å². The molecule has 0 saturated heterocycles. The second-order valence-corrected chi connectivity index (χ2v) is 5.01. The minimum Gasteiger partial charge on any atom is -0.481 e. The number of nitrogens with one attached hydrogen (secondary N) is 1. The van der Waals surface area contributed by atoms with Crippen LogP contribution in [0.15, 0.2) is 30.3 Å². The van der Waals surface area contributed by atoms with Gasteiger partial charge >= 0.3 is 0 Å². The lowest BCUT2D eigenvalue weighted by atomic mass is 9.94. The average Bonchev–Trinajstić information content (AvgIpc) is 2.62. The second kappa shape index (κ2) is 5.18. The molecule has 2 N–H and O–H groups in total. The molecule has 3 rings (SSSR count). The standard InChI is InChI=1S/C16H16N2O3/c1-9-11-5-3-4-6-12(11)14-13(17-15(9)20)7-10(8-19)16(18-14)21-2/h3-7,9,19H,8H2,1-2H3,(H,17,20). The van der Waals surface area contributed by atoms with Gasteiger partial charge in [0.25, 0.3) is 0 Å². The number of aromatic nitrogens is 1. The summed E-state index contributed by atoms with van der Waals surface area (Å²) in [4.78, 5) is 16.7. The molecule has 1 aromatic heterocycles. The third-order valence-corrected chi connectivity index (χ3v) is 3.76. The van der Waals surface area contributed by atoms with Crippen LogP contribution in [-0.2, 0) is 11.4 Å². The van der Waals surface area contributed by atoms with Crippen LogP contribution in [0.3, 0.4) is 0 Å². The Hall–Kier alpha value is -2.40. The van der Waals surface area contributed by atoms with Gasteiger partial charge in [-0.1, -0.05) is 24.3 Å². The van der Waals surface area contributed by atoms with Crippen LogP contribution in [0.4, 0.5) is 5.69 Å². The summed E-state index contributed by atoms with van der Waals surface area (Å²) in [5.74, 6) is 0.0193. The number of fused-ring (bicyclic) bond motifs is 3. The van der Waals surface area contributed by atoms with Crippen LogP contribution >= 0.6 is 0 Å². The van der Waals surface area contributed by atoms with Crippen LogP contribution in [0.25, 0.3) is 11.3 Å². The SMILES string of the molecule is COc1nc2c(cc1CO)NC(=O)C(C)c1ccccc1-2. The molecule has 0 aliphatic carbocycles. The first kappa shape index (κ1) is 13.6. The zero-order chi connectivity index (χ0) is 15.0. The van der Waals surface area contributed by atoms with Crippen molar-refractivity contribution in [1.29, 1.82) is 0 Å². The molecule has 0 bridgehead atoms. The average molecular weight is 284 g/mol. The van der Waals surface area contributed by atoms with Gasteiger partial charge in [0.1, 0.15) is 0 Å². The highest BCUT2D eigenvalue weighted by Crippen LogP contribution is 2.38. The van der Waals surface area contributed by atoms with E-state index in [0.717, 1.165) is 11.1 Å². The number of aliphatic hydroxyl groups excluding tert-OH is 1. The first-order valence-corrected chi connectivity index (χ1v) is 6.74. The molecule has 2 aromatic rings. The Morgan fingerprint density at radius 2 is 2.14 bits per heavy atom. The molecule has 5 heteroatoms. The molecule has 5 nitrogen and oxygen atoms in total. The van der Waals surface area contributed by atoms with Crippen LogP contribution in [0.5, 0.6) is 5.88 Å². The van der Waals surface area contributed by atoms with Crippen LogP contribution in [0, 0.1) is 0 Å². The van der Waals surface area contributed by atoms with Crippen molar-refractivity contribution in [3.8, 4) is 17.1 Å². The normalized spacial score (nSPS) is 16.5. The maximum absolute atomic E-state index is 12.3. The number of nitrogens with zero attached hydrogens (tertiary/aromatic N) is 1. The molecule has 1 aliphatic heterocycles. The second-order valence-electron chi connectivity index (χ2n) is 5.01. The number of amides is 1. The summed E-state index contributed by atoms with van der Waals surface area (Å²) in [5, 5.41) is 12.3. The lowest BCUT2D eigenvalue weighted by molar-refractivity contribution is -0.117. The highest BCUT2D eigenvalue weighted by Gasteiger charge is 2.27. The van der Waals surface area contributed by atoms with E-state index in [1.807, 2.05) is 31.2 Å². The van der Waals surface area contributed by atoms with Gasteiger partial charge in [-0.25, -0.2) is 4.98 Å². The van der Waals surface area contributed by atoms with Crippen molar-refractivity contribution in [3.05, 3.63) is 41.5 Å². The summed E-state index contributed by atoms with van der Waals surface area (Å²) in [5.41, 5.74) is 3.64. The molecule has 21 heavy (non-hydrogen) atoms. The summed E-state index contributed by atoms with van der Waals surface area (Å²) < 4.78 is 5.23. The number of aliphatic hydroxyl groups is 1. The summed E-state index contributed by atoms with van der Waals surface area (Å²) in [7, 11) is 1.51. The molecule has 1 aliphatic rings. The van der Waals surface area contributed by atoms with Gasteiger partial charge in [0.2, 0.25) is 11.8 Å². The summed E-state index contributed by atoms with van der Waals surface area (Å²) in [6.45, 7) is 1.67. The Balaban J connectivity index is 2.30. The number of hydrogen-bond donors (Lipinski definition) is 2. The Labute approximate surface area is 122 Å². The van der Waals surface area contributed by atoms with Gasteiger partial charge in [-0.2, -0.15) is 0 Å². The van der Waals surface area contributed by atoms with Gasteiger partial charge in [0.15, 0.2) is 0 Å². The predicted octanol–water partition coefficient (Wildman–Crippen LogP) is 2.31.